The molecule has 0 aliphatic rings. The highest BCUT2D eigenvalue weighted by molar-refractivity contribution is 5.75. The Morgan fingerprint density at radius 1 is 1.05 bits per heavy atom. The van der Waals surface area contributed by atoms with Gasteiger partial charge in [-0.25, -0.2) is 0 Å². The molecule has 0 fully saturated rings. The van der Waals surface area contributed by atoms with Crippen molar-refractivity contribution in [3.8, 4) is 28.4 Å². The summed E-state index contributed by atoms with van der Waals surface area (Å²) >= 11 is 0. The third-order valence-electron chi connectivity index (χ3n) is 2.97. The lowest BCUT2D eigenvalue weighted by molar-refractivity contribution is 0.325. The van der Waals surface area contributed by atoms with Crippen LogP contribution in [-0.2, 0) is 6.54 Å². The van der Waals surface area contributed by atoms with E-state index >= 15 is 0 Å². The molecule has 0 aliphatic heterocycles. The number of aryl methyl sites for hydroxylation is 1. The molecule has 0 saturated heterocycles. The van der Waals surface area contributed by atoms with E-state index in [1.165, 1.54) is 0 Å². The molecule has 19 heavy (non-hydrogen) atoms. The van der Waals surface area contributed by atoms with Crippen LogP contribution in [0.4, 0.5) is 0 Å². The molecule has 0 N–H and O–H groups in total. The minimum atomic E-state index is 0.590. The maximum atomic E-state index is 5.47. The fourth-order valence-electron chi connectivity index (χ4n) is 2.00. The summed E-state index contributed by atoms with van der Waals surface area (Å²) in [5.74, 6) is 1.88. The molecule has 2 aromatic rings. The maximum absolute atomic E-state index is 5.47. The molecule has 5 heteroatoms. The van der Waals surface area contributed by atoms with E-state index in [1.54, 1.807) is 21.3 Å². The predicted molar refractivity (Wildman–Crippen MR) is 73.0 cm³/mol. The molecule has 0 bridgehead atoms. The van der Waals surface area contributed by atoms with E-state index in [0.29, 0.717) is 17.2 Å². The summed E-state index contributed by atoms with van der Waals surface area (Å²) < 4.78 is 18.0. The number of benzene rings is 1. The summed E-state index contributed by atoms with van der Waals surface area (Å²) in [4.78, 5) is 0. The van der Waals surface area contributed by atoms with Gasteiger partial charge in [-0.05, 0) is 19.1 Å². The quantitative estimate of drug-likeness (QED) is 0.831. The van der Waals surface area contributed by atoms with E-state index in [1.807, 2.05) is 36.1 Å². The third-order valence-corrected chi connectivity index (χ3v) is 2.97. The third kappa shape index (κ3) is 2.36. The Hall–Kier alpha value is -2.17. The number of hydrogen-bond donors (Lipinski definition) is 0. The first kappa shape index (κ1) is 13.3. The Balaban J connectivity index is 2.56. The van der Waals surface area contributed by atoms with Gasteiger partial charge in [-0.1, -0.05) is 0 Å². The van der Waals surface area contributed by atoms with E-state index in [0.717, 1.165) is 17.7 Å². The van der Waals surface area contributed by atoms with Gasteiger partial charge in [0.15, 0.2) is 11.5 Å². The summed E-state index contributed by atoms with van der Waals surface area (Å²) in [5.41, 5.74) is 1.92. The van der Waals surface area contributed by atoms with Gasteiger partial charge in [0.2, 0.25) is 5.75 Å². The van der Waals surface area contributed by atoms with Crippen LogP contribution >= 0.6 is 0 Å². The summed E-state index contributed by atoms with van der Waals surface area (Å²) in [6.07, 6.45) is 3.79. The molecular weight excluding hydrogens is 244 g/mol. The zero-order valence-corrected chi connectivity index (χ0v) is 11.6. The number of rotatable bonds is 5. The summed E-state index contributed by atoms with van der Waals surface area (Å²) in [5, 5.41) is 4.27. The molecular formula is C14H18N2O3. The Bertz CT molecular complexity index is 564. The average Bonchev–Trinajstić information content (AvgIpc) is 2.94. The smallest absolute Gasteiger partial charge is 0.203 e. The fraction of sp³-hybridized carbons (Fsp3) is 0.357. The van der Waals surface area contributed by atoms with Crippen molar-refractivity contribution in [2.24, 2.45) is 0 Å². The first-order valence-electron chi connectivity index (χ1n) is 6.06. The molecule has 2 rings (SSSR count). The van der Waals surface area contributed by atoms with E-state index in [9.17, 15) is 0 Å². The van der Waals surface area contributed by atoms with Crippen LogP contribution in [-0.4, -0.2) is 31.1 Å². The molecule has 0 saturated carbocycles. The number of methoxy groups -OCH3 is 3. The average molecular weight is 262 g/mol. The lowest BCUT2D eigenvalue weighted by Gasteiger charge is -2.14. The van der Waals surface area contributed by atoms with Crippen LogP contribution in [0.25, 0.3) is 11.1 Å². The zero-order chi connectivity index (χ0) is 13.8. The van der Waals surface area contributed by atoms with Crippen molar-refractivity contribution >= 4 is 0 Å². The van der Waals surface area contributed by atoms with Gasteiger partial charge in [0.05, 0.1) is 27.5 Å². The van der Waals surface area contributed by atoms with Crippen LogP contribution < -0.4 is 14.2 Å². The van der Waals surface area contributed by atoms with E-state index < -0.39 is 0 Å². The number of hydrogen-bond acceptors (Lipinski definition) is 4. The summed E-state index contributed by atoms with van der Waals surface area (Å²) in [6, 6.07) is 3.80. The van der Waals surface area contributed by atoms with Crippen molar-refractivity contribution in [2.45, 2.75) is 13.5 Å². The van der Waals surface area contributed by atoms with Crippen molar-refractivity contribution < 1.29 is 14.2 Å². The van der Waals surface area contributed by atoms with E-state index in [4.69, 9.17) is 14.2 Å². The lowest BCUT2D eigenvalue weighted by Crippen LogP contribution is -1.96. The van der Waals surface area contributed by atoms with Gasteiger partial charge in [0.1, 0.15) is 0 Å². The van der Waals surface area contributed by atoms with E-state index in [-0.39, 0.29) is 0 Å². The van der Waals surface area contributed by atoms with Gasteiger partial charge >= 0.3 is 0 Å². The Labute approximate surface area is 112 Å². The van der Waals surface area contributed by atoms with E-state index in [2.05, 4.69) is 5.10 Å². The second kappa shape index (κ2) is 5.65. The number of nitrogens with zero attached hydrogens (tertiary/aromatic N) is 2. The van der Waals surface area contributed by atoms with Crippen LogP contribution in [0.15, 0.2) is 24.5 Å². The molecule has 0 radical (unpaired) electrons. The van der Waals surface area contributed by atoms with Gasteiger partial charge in [0.25, 0.3) is 0 Å². The number of ether oxygens (including phenoxy) is 3. The first-order valence-corrected chi connectivity index (χ1v) is 6.06. The molecule has 5 nitrogen and oxygen atoms in total. The molecule has 1 heterocycles. The van der Waals surface area contributed by atoms with Crippen LogP contribution in [0.2, 0.25) is 0 Å². The molecule has 0 amide bonds. The molecule has 0 atom stereocenters. The van der Waals surface area contributed by atoms with Crippen molar-refractivity contribution in [3.63, 3.8) is 0 Å². The summed E-state index contributed by atoms with van der Waals surface area (Å²) in [7, 11) is 4.82. The second-order valence-electron chi connectivity index (χ2n) is 3.97. The molecule has 0 unspecified atom stereocenters. The topological polar surface area (TPSA) is 45.5 Å². The molecule has 0 spiro atoms. The normalized spacial score (nSPS) is 10.3. The molecule has 102 valence electrons. The Morgan fingerprint density at radius 2 is 1.79 bits per heavy atom. The second-order valence-corrected chi connectivity index (χ2v) is 3.97. The van der Waals surface area contributed by atoms with Gasteiger partial charge in [-0.2, -0.15) is 5.10 Å². The molecule has 1 aromatic heterocycles. The fourth-order valence-corrected chi connectivity index (χ4v) is 2.00. The van der Waals surface area contributed by atoms with Gasteiger partial charge in [0, 0.05) is 23.9 Å². The zero-order valence-electron chi connectivity index (χ0n) is 11.6. The minimum absolute atomic E-state index is 0.590. The van der Waals surface area contributed by atoms with Gasteiger partial charge in [-0.15, -0.1) is 0 Å². The Morgan fingerprint density at radius 3 is 2.32 bits per heavy atom. The number of aromatic nitrogens is 2. The SMILES string of the molecule is CCn1cc(-c2ccc(OC)c(OC)c2OC)cn1. The highest BCUT2D eigenvalue weighted by atomic mass is 16.5. The molecule has 0 aliphatic carbocycles. The predicted octanol–water partition coefficient (Wildman–Crippen LogP) is 2.60. The van der Waals surface area contributed by atoms with Crippen LogP contribution in [0.5, 0.6) is 17.2 Å². The first-order chi connectivity index (χ1) is 9.24. The standard InChI is InChI=1S/C14H18N2O3/c1-5-16-9-10(8-15-16)11-6-7-12(17-2)14(19-4)13(11)18-3/h6-9H,5H2,1-4H3. The van der Waals surface area contributed by atoms with Crippen LogP contribution in [0.3, 0.4) is 0 Å². The lowest BCUT2D eigenvalue weighted by atomic mass is 10.1. The van der Waals surface area contributed by atoms with Crippen LogP contribution in [0.1, 0.15) is 6.92 Å². The summed E-state index contributed by atoms with van der Waals surface area (Å²) in [6.45, 7) is 2.87. The monoisotopic (exact) mass is 262 g/mol. The van der Waals surface area contributed by atoms with Crippen molar-refractivity contribution in [2.75, 3.05) is 21.3 Å². The van der Waals surface area contributed by atoms with Gasteiger partial charge in [-0.3, -0.25) is 4.68 Å². The largest absolute Gasteiger partial charge is 0.493 e. The van der Waals surface area contributed by atoms with Crippen molar-refractivity contribution in [1.82, 2.24) is 9.78 Å². The Kier molecular flexibility index (Phi) is 3.94. The maximum Gasteiger partial charge on any atom is 0.203 e. The van der Waals surface area contributed by atoms with Crippen LogP contribution in [0, 0.1) is 0 Å². The van der Waals surface area contributed by atoms with Gasteiger partial charge < -0.3 is 14.2 Å². The highest BCUT2D eigenvalue weighted by Crippen LogP contribution is 2.43. The van der Waals surface area contributed by atoms with Crippen molar-refractivity contribution in [1.29, 1.82) is 0 Å². The van der Waals surface area contributed by atoms with Crippen molar-refractivity contribution in [3.05, 3.63) is 24.5 Å². The highest BCUT2D eigenvalue weighted by Gasteiger charge is 2.17. The molecule has 1 aromatic carbocycles. The minimum Gasteiger partial charge on any atom is -0.493 e.